The molecule has 0 bridgehead atoms. The summed E-state index contributed by atoms with van der Waals surface area (Å²) in [7, 11) is 0. The van der Waals surface area contributed by atoms with E-state index in [1.165, 1.54) is 23.8 Å². The van der Waals surface area contributed by atoms with Gasteiger partial charge in [0.25, 0.3) is 0 Å². The van der Waals surface area contributed by atoms with Gasteiger partial charge < -0.3 is 19.9 Å². The molecule has 5 rings (SSSR count). The number of para-hydroxylation sites is 1. The number of amidine groups is 1. The van der Waals surface area contributed by atoms with Gasteiger partial charge >= 0.3 is 0 Å². The minimum absolute atomic E-state index is 0.409. The Bertz CT molecular complexity index is 1110. The van der Waals surface area contributed by atoms with E-state index in [1.54, 1.807) is 0 Å². The standard InChI is InChI=1S/C16H18N4O.C13H12.C3H8/c17-12-15(19-8-10-21-11-9-19)14-6-7-20(16(14)18)13-4-2-1-3-5-13;1-3-7-12(8-4-1)11-13-9-5-2-6-10-13;1-3-2/h1-7,12,17-18H,8-11H2;1-10H,11H2;3H2,1-2H3/b15-14+,17-12?,18-16?;;. The Morgan fingerprint density at radius 2 is 1.30 bits per heavy atom. The topological polar surface area (TPSA) is 63.4 Å². The van der Waals surface area contributed by atoms with Crippen LogP contribution in [0.3, 0.4) is 0 Å². The monoisotopic (exact) mass is 494 g/mol. The molecule has 0 amide bonds. The summed E-state index contributed by atoms with van der Waals surface area (Å²) in [4.78, 5) is 3.94. The number of nitrogens with one attached hydrogen (secondary N) is 2. The normalized spacial score (nSPS) is 15.8. The van der Waals surface area contributed by atoms with Crippen molar-refractivity contribution in [3.05, 3.63) is 126 Å². The van der Waals surface area contributed by atoms with Crippen LogP contribution in [0.2, 0.25) is 0 Å². The summed E-state index contributed by atoms with van der Waals surface area (Å²) in [5.74, 6) is 0.409. The van der Waals surface area contributed by atoms with Gasteiger partial charge in [0, 0.05) is 36.8 Å². The van der Waals surface area contributed by atoms with E-state index < -0.39 is 0 Å². The molecule has 0 aliphatic carbocycles. The van der Waals surface area contributed by atoms with E-state index in [1.807, 2.05) is 47.5 Å². The third-order valence-corrected chi connectivity index (χ3v) is 5.78. The van der Waals surface area contributed by atoms with Crippen LogP contribution in [0.15, 0.2) is 115 Å². The Morgan fingerprint density at radius 1 is 0.811 bits per heavy atom. The molecule has 0 unspecified atom stereocenters. The highest BCUT2D eigenvalue weighted by Crippen LogP contribution is 2.25. The SMILES string of the molecule is CCC.N=C/C(=C1/C=CN(c2ccccc2)C1=N)N1CCOCC1.c1ccc(Cc2ccccc2)cc1. The molecular formula is C32H38N4O. The number of hydrogen-bond donors (Lipinski definition) is 2. The van der Waals surface area contributed by atoms with Crippen molar-refractivity contribution >= 4 is 17.7 Å². The minimum Gasteiger partial charge on any atom is -0.378 e. The number of allylic oxidation sites excluding steroid dienone is 1. The van der Waals surface area contributed by atoms with Crippen molar-refractivity contribution in [2.75, 3.05) is 31.2 Å². The van der Waals surface area contributed by atoms with Gasteiger partial charge in [-0.3, -0.25) is 5.41 Å². The predicted octanol–water partition coefficient (Wildman–Crippen LogP) is 6.93. The summed E-state index contributed by atoms with van der Waals surface area (Å²) in [6.45, 7) is 7.12. The second-order valence-corrected chi connectivity index (χ2v) is 8.77. The lowest BCUT2D eigenvalue weighted by atomic mass is 10.1. The summed E-state index contributed by atoms with van der Waals surface area (Å²) >= 11 is 0. The van der Waals surface area contributed by atoms with E-state index >= 15 is 0 Å². The molecule has 192 valence electrons. The molecule has 0 aromatic heterocycles. The predicted molar refractivity (Wildman–Crippen MR) is 156 cm³/mol. The summed E-state index contributed by atoms with van der Waals surface area (Å²) in [5, 5.41) is 16.1. The average molecular weight is 495 g/mol. The van der Waals surface area contributed by atoms with Gasteiger partial charge in [0.15, 0.2) is 0 Å². The maximum atomic E-state index is 8.40. The molecule has 0 atom stereocenters. The first-order chi connectivity index (χ1) is 18.2. The number of anilines is 1. The fourth-order valence-electron chi connectivity index (χ4n) is 4.01. The van der Waals surface area contributed by atoms with E-state index in [9.17, 15) is 0 Å². The average Bonchev–Trinajstić information content (AvgIpc) is 3.33. The molecule has 0 radical (unpaired) electrons. The van der Waals surface area contributed by atoms with E-state index in [4.69, 9.17) is 15.6 Å². The Labute approximate surface area is 221 Å². The van der Waals surface area contributed by atoms with Gasteiger partial charge in [0.05, 0.1) is 18.9 Å². The van der Waals surface area contributed by atoms with Gasteiger partial charge in [-0.15, -0.1) is 0 Å². The quantitative estimate of drug-likeness (QED) is 0.378. The van der Waals surface area contributed by atoms with E-state index in [-0.39, 0.29) is 0 Å². The van der Waals surface area contributed by atoms with Crippen molar-refractivity contribution < 1.29 is 4.74 Å². The van der Waals surface area contributed by atoms with Crippen molar-refractivity contribution in [1.29, 1.82) is 10.8 Å². The second-order valence-electron chi connectivity index (χ2n) is 8.77. The van der Waals surface area contributed by atoms with Gasteiger partial charge in [0.1, 0.15) is 5.84 Å². The Kier molecular flexibility index (Phi) is 11.4. The molecule has 0 spiro atoms. The van der Waals surface area contributed by atoms with Crippen LogP contribution >= 0.6 is 0 Å². The molecule has 3 aromatic carbocycles. The number of benzene rings is 3. The van der Waals surface area contributed by atoms with Crippen LogP contribution in [0.1, 0.15) is 31.4 Å². The van der Waals surface area contributed by atoms with Gasteiger partial charge in [-0.1, -0.05) is 99.1 Å². The molecule has 37 heavy (non-hydrogen) atoms. The Morgan fingerprint density at radius 3 is 1.78 bits per heavy atom. The molecular weight excluding hydrogens is 456 g/mol. The zero-order chi connectivity index (χ0) is 26.3. The Balaban J connectivity index is 0.000000203. The van der Waals surface area contributed by atoms with E-state index in [0.717, 1.165) is 36.5 Å². The Hall–Kier alpha value is -3.96. The number of rotatable bonds is 5. The van der Waals surface area contributed by atoms with Crippen molar-refractivity contribution in [3.8, 4) is 0 Å². The molecule has 5 nitrogen and oxygen atoms in total. The fraction of sp³-hybridized carbons (Fsp3) is 0.250. The van der Waals surface area contributed by atoms with Crippen LogP contribution in [-0.2, 0) is 11.2 Å². The van der Waals surface area contributed by atoms with Crippen molar-refractivity contribution in [3.63, 3.8) is 0 Å². The minimum atomic E-state index is 0.409. The van der Waals surface area contributed by atoms with E-state index in [2.05, 4.69) is 79.4 Å². The first-order valence-electron chi connectivity index (χ1n) is 12.9. The molecule has 2 aliphatic rings. The molecule has 5 heteroatoms. The maximum Gasteiger partial charge on any atom is 0.138 e. The summed E-state index contributed by atoms with van der Waals surface area (Å²) in [6.07, 6.45) is 7.41. The van der Waals surface area contributed by atoms with Crippen molar-refractivity contribution in [1.82, 2.24) is 4.90 Å². The number of hydrogen-bond acceptors (Lipinski definition) is 4. The highest BCUT2D eigenvalue weighted by molar-refractivity contribution is 6.16. The largest absolute Gasteiger partial charge is 0.378 e. The van der Waals surface area contributed by atoms with Gasteiger partial charge in [-0.05, 0) is 35.8 Å². The van der Waals surface area contributed by atoms with Crippen LogP contribution in [0, 0.1) is 10.8 Å². The first kappa shape index (κ1) is 27.6. The maximum absolute atomic E-state index is 8.40. The van der Waals surface area contributed by atoms with Crippen LogP contribution in [0.25, 0.3) is 0 Å². The lowest BCUT2D eigenvalue weighted by molar-refractivity contribution is 0.0565. The highest BCUT2D eigenvalue weighted by atomic mass is 16.5. The number of ether oxygens (including phenoxy) is 1. The summed E-state index contributed by atoms with van der Waals surface area (Å²) < 4.78 is 5.35. The van der Waals surface area contributed by atoms with Crippen LogP contribution in [0.5, 0.6) is 0 Å². The number of nitrogens with zero attached hydrogens (tertiary/aromatic N) is 2. The van der Waals surface area contributed by atoms with Crippen molar-refractivity contribution in [2.24, 2.45) is 0 Å². The van der Waals surface area contributed by atoms with E-state index in [0.29, 0.717) is 19.0 Å². The smallest absolute Gasteiger partial charge is 0.138 e. The number of morpholine rings is 1. The van der Waals surface area contributed by atoms with Gasteiger partial charge in [-0.25, -0.2) is 0 Å². The fourth-order valence-corrected chi connectivity index (χ4v) is 4.01. The molecule has 2 N–H and O–H groups in total. The lowest BCUT2D eigenvalue weighted by Gasteiger charge is -2.30. The third-order valence-electron chi connectivity index (χ3n) is 5.78. The molecule has 2 heterocycles. The molecule has 1 saturated heterocycles. The van der Waals surface area contributed by atoms with Gasteiger partial charge in [0.2, 0.25) is 0 Å². The summed E-state index contributed by atoms with van der Waals surface area (Å²) in [6, 6.07) is 30.9. The van der Waals surface area contributed by atoms with Gasteiger partial charge in [-0.2, -0.15) is 0 Å². The summed E-state index contributed by atoms with van der Waals surface area (Å²) in [5.41, 5.74) is 5.27. The molecule has 2 aliphatic heterocycles. The lowest BCUT2D eigenvalue weighted by Crippen LogP contribution is -2.37. The zero-order valence-electron chi connectivity index (χ0n) is 21.9. The zero-order valence-corrected chi connectivity index (χ0v) is 21.9. The highest BCUT2D eigenvalue weighted by Gasteiger charge is 2.24. The molecule has 0 saturated carbocycles. The van der Waals surface area contributed by atoms with Crippen molar-refractivity contribution in [2.45, 2.75) is 26.7 Å². The second kappa shape index (κ2) is 15.2. The first-order valence-corrected chi connectivity index (χ1v) is 12.9. The molecule has 3 aromatic rings. The van der Waals surface area contributed by atoms with Crippen LogP contribution < -0.4 is 4.90 Å². The molecule has 1 fully saturated rings. The third kappa shape index (κ3) is 8.29. The van der Waals surface area contributed by atoms with Crippen LogP contribution in [-0.4, -0.2) is 43.3 Å². The van der Waals surface area contributed by atoms with Crippen LogP contribution in [0.4, 0.5) is 5.69 Å².